The molecular weight excluding hydrogens is 382 g/mol. The van der Waals surface area contributed by atoms with Crippen LogP contribution in [0, 0.1) is 0 Å². The highest BCUT2D eigenvalue weighted by Gasteiger charge is 2.30. The van der Waals surface area contributed by atoms with E-state index in [1.165, 1.54) is 23.9 Å². The van der Waals surface area contributed by atoms with Gasteiger partial charge in [0, 0.05) is 15.6 Å². The van der Waals surface area contributed by atoms with Crippen LogP contribution in [0.4, 0.5) is 18.9 Å². The third-order valence-electron chi connectivity index (χ3n) is 3.05. The standard InChI is InChI=1S/C16H12Cl2F3NOS/c1-9(24-14-8-11(17)4-7-13(14)18)15(23)22-12-5-2-10(3-6-12)16(19,20)21/h2-9H,1H3,(H,22,23)/t9-/m0/s1. The molecule has 0 unspecified atom stereocenters. The zero-order valence-electron chi connectivity index (χ0n) is 12.3. The number of thioether (sulfide) groups is 1. The van der Waals surface area contributed by atoms with E-state index >= 15 is 0 Å². The van der Waals surface area contributed by atoms with E-state index in [-0.39, 0.29) is 11.6 Å². The highest BCUT2D eigenvalue weighted by molar-refractivity contribution is 8.00. The Kier molecular flexibility index (Phi) is 6.06. The maximum Gasteiger partial charge on any atom is 0.416 e. The van der Waals surface area contributed by atoms with Crippen molar-refractivity contribution in [2.75, 3.05) is 5.32 Å². The molecule has 0 aliphatic carbocycles. The molecule has 0 heterocycles. The minimum absolute atomic E-state index is 0.289. The smallest absolute Gasteiger partial charge is 0.325 e. The number of anilines is 1. The fourth-order valence-corrected chi connectivity index (χ4v) is 3.21. The lowest BCUT2D eigenvalue weighted by molar-refractivity contribution is -0.137. The number of hydrogen-bond donors (Lipinski definition) is 1. The Morgan fingerprint density at radius 3 is 2.33 bits per heavy atom. The van der Waals surface area contributed by atoms with E-state index in [1.54, 1.807) is 25.1 Å². The second-order valence-corrected chi connectivity index (χ2v) is 7.13. The third-order valence-corrected chi connectivity index (χ3v) is 4.88. The number of halogens is 5. The first kappa shape index (κ1) is 19.0. The number of nitrogens with one attached hydrogen (secondary N) is 1. The Balaban J connectivity index is 2.02. The number of benzene rings is 2. The summed E-state index contributed by atoms with van der Waals surface area (Å²) in [7, 11) is 0. The second kappa shape index (κ2) is 7.68. The van der Waals surface area contributed by atoms with E-state index in [1.807, 2.05) is 0 Å². The Morgan fingerprint density at radius 2 is 1.75 bits per heavy atom. The molecule has 2 aromatic rings. The molecule has 2 rings (SSSR count). The largest absolute Gasteiger partial charge is 0.416 e. The van der Waals surface area contributed by atoms with E-state index in [9.17, 15) is 18.0 Å². The third kappa shape index (κ3) is 5.06. The van der Waals surface area contributed by atoms with Gasteiger partial charge in [-0.3, -0.25) is 4.79 Å². The minimum atomic E-state index is -4.41. The molecule has 0 aliphatic rings. The Labute approximate surface area is 151 Å². The molecule has 0 fully saturated rings. The zero-order valence-corrected chi connectivity index (χ0v) is 14.7. The number of hydrogen-bond acceptors (Lipinski definition) is 2. The first-order valence-corrected chi connectivity index (χ1v) is 8.40. The predicted molar refractivity (Wildman–Crippen MR) is 91.9 cm³/mol. The number of carbonyl (C=O) groups is 1. The lowest BCUT2D eigenvalue weighted by Crippen LogP contribution is -2.22. The summed E-state index contributed by atoms with van der Waals surface area (Å²) in [5.74, 6) is -0.351. The second-order valence-electron chi connectivity index (χ2n) is 4.90. The van der Waals surface area contributed by atoms with Crippen molar-refractivity contribution >= 4 is 46.6 Å². The van der Waals surface area contributed by atoms with Crippen molar-refractivity contribution in [1.29, 1.82) is 0 Å². The quantitative estimate of drug-likeness (QED) is 0.632. The Bertz CT molecular complexity index is 735. The molecule has 8 heteroatoms. The van der Waals surface area contributed by atoms with Gasteiger partial charge in [0.2, 0.25) is 5.91 Å². The Hall–Kier alpha value is -1.37. The van der Waals surface area contributed by atoms with Gasteiger partial charge in [0.25, 0.3) is 0 Å². The van der Waals surface area contributed by atoms with Crippen LogP contribution in [0.2, 0.25) is 10.0 Å². The molecule has 0 aromatic heterocycles. The summed E-state index contributed by atoms with van der Waals surface area (Å²) in [5, 5.41) is 3.03. The molecule has 128 valence electrons. The van der Waals surface area contributed by atoms with Crippen LogP contribution < -0.4 is 5.32 Å². The molecule has 1 amide bonds. The maximum atomic E-state index is 12.5. The van der Waals surface area contributed by atoms with Gasteiger partial charge in [-0.2, -0.15) is 13.2 Å². The fraction of sp³-hybridized carbons (Fsp3) is 0.188. The molecule has 0 saturated carbocycles. The van der Waals surface area contributed by atoms with Crippen molar-refractivity contribution in [2.24, 2.45) is 0 Å². The molecular formula is C16H12Cl2F3NOS. The van der Waals surface area contributed by atoms with Crippen LogP contribution in [0.25, 0.3) is 0 Å². The van der Waals surface area contributed by atoms with Gasteiger partial charge in [0.15, 0.2) is 0 Å². The van der Waals surface area contributed by atoms with Crippen molar-refractivity contribution in [3.8, 4) is 0 Å². The maximum absolute atomic E-state index is 12.5. The minimum Gasteiger partial charge on any atom is -0.325 e. The van der Waals surface area contributed by atoms with E-state index in [4.69, 9.17) is 23.2 Å². The van der Waals surface area contributed by atoms with Crippen LogP contribution in [0.1, 0.15) is 12.5 Å². The summed E-state index contributed by atoms with van der Waals surface area (Å²) in [6, 6.07) is 9.18. The van der Waals surface area contributed by atoms with E-state index in [0.717, 1.165) is 12.1 Å². The van der Waals surface area contributed by atoms with Crippen LogP contribution in [-0.4, -0.2) is 11.2 Å². The molecule has 1 N–H and O–H groups in total. The lowest BCUT2D eigenvalue weighted by atomic mass is 10.2. The number of alkyl halides is 3. The van der Waals surface area contributed by atoms with Crippen LogP contribution in [0.15, 0.2) is 47.4 Å². The fourth-order valence-electron chi connectivity index (χ4n) is 1.80. The SMILES string of the molecule is C[C@H](Sc1cc(Cl)ccc1Cl)C(=O)Nc1ccc(C(F)(F)F)cc1. The van der Waals surface area contributed by atoms with Crippen LogP contribution in [0.3, 0.4) is 0 Å². The summed E-state index contributed by atoms with van der Waals surface area (Å²) in [4.78, 5) is 12.8. The van der Waals surface area contributed by atoms with Gasteiger partial charge in [0.1, 0.15) is 0 Å². The topological polar surface area (TPSA) is 29.1 Å². The monoisotopic (exact) mass is 393 g/mol. The van der Waals surface area contributed by atoms with Crippen LogP contribution in [-0.2, 0) is 11.0 Å². The van der Waals surface area contributed by atoms with Gasteiger partial charge in [-0.05, 0) is 49.4 Å². The van der Waals surface area contributed by atoms with E-state index < -0.39 is 17.0 Å². The van der Waals surface area contributed by atoms with Gasteiger partial charge in [-0.15, -0.1) is 11.8 Å². The molecule has 24 heavy (non-hydrogen) atoms. The average molecular weight is 394 g/mol. The van der Waals surface area contributed by atoms with Crippen LogP contribution >= 0.6 is 35.0 Å². The molecule has 0 spiro atoms. The molecule has 0 radical (unpaired) electrons. The molecule has 0 bridgehead atoms. The number of amides is 1. The summed E-state index contributed by atoms with van der Waals surface area (Å²) >= 11 is 13.2. The lowest BCUT2D eigenvalue weighted by Gasteiger charge is -2.14. The summed E-state index contributed by atoms with van der Waals surface area (Å²) in [6.07, 6.45) is -4.41. The van der Waals surface area contributed by atoms with Crippen molar-refractivity contribution < 1.29 is 18.0 Å². The van der Waals surface area contributed by atoms with Crippen molar-refractivity contribution in [3.63, 3.8) is 0 Å². The van der Waals surface area contributed by atoms with Gasteiger partial charge in [-0.25, -0.2) is 0 Å². The Morgan fingerprint density at radius 1 is 1.12 bits per heavy atom. The van der Waals surface area contributed by atoms with Crippen molar-refractivity contribution in [1.82, 2.24) is 0 Å². The van der Waals surface area contributed by atoms with Gasteiger partial charge in [-0.1, -0.05) is 23.2 Å². The average Bonchev–Trinajstić information content (AvgIpc) is 2.50. The molecule has 0 aliphatic heterocycles. The summed E-state index contributed by atoms with van der Waals surface area (Å²) in [6.45, 7) is 1.67. The summed E-state index contributed by atoms with van der Waals surface area (Å²) < 4.78 is 37.5. The highest BCUT2D eigenvalue weighted by Crippen LogP contribution is 2.33. The molecule has 1 atom stereocenters. The predicted octanol–water partition coefficient (Wildman–Crippen LogP) is 6.13. The first-order chi connectivity index (χ1) is 11.2. The molecule has 0 saturated heterocycles. The van der Waals surface area contributed by atoms with Gasteiger partial charge in [0.05, 0.1) is 15.8 Å². The van der Waals surface area contributed by atoms with E-state index in [0.29, 0.717) is 14.9 Å². The number of rotatable bonds is 4. The first-order valence-electron chi connectivity index (χ1n) is 6.76. The zero-order chi connectivity index (χ0) is 17.9. The highest BCUT2D eigenvalue weighted by atomic mass is 35.5. The van der Waals surface area contributed by atoms with Crippen molar-refractivity contribution in [3.05, 3.63) is 58.1 Å². The van der Waals surface area contributed by atoms with Gasteiger partial charge >= 0.3 is 6.18 Å². The molecule has 2 aromatic carbocycles. The van der Waals surface area contributed by atoms with Crippen molar-refractivity contribution in [2.45, 2.75) is 23.2 Å². The normalized spacial score (nSPS) is 12.8. The van der Waals surface area contributed by atoms with E-state index in [2.05, 4.69) is 5.32 Å². The molecule has 2 nitrogen and oxygen atoms in total. The summed E-state index contributed by atoms with van der Waals surface area (Å²) in [5.41, 5.74) is -0.480. The van der Waals surface area contributed by atoms with Gasteiger partial charge < -0.3 is 5.32 Å². The van der Waals surface area contributed by atoms with Crippen LogP contribution in [0.5, 0.6) is 0 Å². The number of carbonyl (C=O) groups excluding carboxylic acids is 1.